The van der Waals surface area contributed by atoms with Gasteiger partial charge in [-0.15, -0.1) is 0 Å². The van der Waals surface area contributed by atoms with Crippen molar-refractivity contribution in [2.45, 2.75) is 19.4 Å². The van der Waals surface area contributed by atoms with Gasteiger partial charge in [0, 0.05) is 13.1 Å². The first-order valence-corrected chi connectivity index (χ1v) is 6.20. The second kappa shape index (κ2) is 8.26. The first kappa shape index (κ1) is 15.2. The minimum absolute atomic E-state index is 0.0844. The summed E-state index contributed by atoms with van der Waals surface area (Å²) < 4.78 is 12.7. The van der Waals surface area contributed by atoms with Gasteiger partial charge in [-0.25, -0.2) is 9.18 Å². The highest BCUT2D eigenvalue weighted by molar-refractivity contribution is 5.73. The molecule has 0 radical (unpaired) electrons. The largest absolute Gasteiger partial charge is 0.387 e. The number of carbonyl (C=O) groups excluding carboxylic acids is 1. The average Bonchev–Trinajstić information content (AvgIpc) is 2.42. The van der Waals surface area contributed by atoms with Gasteiger partial charge in [0.2, 0.25) is 0 Å². The molecule has 0 aliphatic carbocycles. The molecular formula is C14H19FN2O2. The number of amides is 2. The molecule has 0 bridgehead atoms. The van der Waals surface area contributed by atoms with Crippen LogP contribution in [0.2, 0.25) is 0 Å². The lowest BCUT2D eigenvalue weighted by molar-refractivity contribution is 0.173. The summed E-state index contributed by atoms with van der Waals surface area (Å²) >= 11 is 0. The Morgan fingerprint density at radius 1 is 1.37 bits per heavy atom. The van der Waals surface area contributed by atoms with E-state index in [1.165, 1.54) is 24.3 Å². The van der Waals surface area contributed by atoms with Gasteiger partial charge in [0.25, 0.3) is 0 Å². The number of hydrogen-bond acceptors (Lipinski definition) is 2. The summed E-state index contributed by atoms with van der Waals surface area (Å²) in [6, 6.07) is 5.20. The predicted octanol–water partition coefficient (Wildman–Crippen LogP) is 2.12. The molecule has 0 aromatic heterocycles. The third-order valence-electron chi connectivity index (χ3n) is 2.54. The molecule has 0 fully saturated rings. The summed E-state index contributed by atoms with van der Waals surface area (Å²) in [5.41, 5.74) is 0.565. The molecule has 1 aromatic rings. The van der Waals surface area contributed by atoms with Crippen LogP contribution in [0.3, 0.4) is 0 Å². The molecule has 0 saturated carbocycles. The molecule has 0 aliphatic heterocycles. The third-order valence-corrected chi connectivity index (χ3v) is 2.54. The monoisotopic (exact) mass is 266 g/mol. The number of halogens is 1. The van der Waals surface area contributed by atoms with Crippen molar-refractivity contribution in [1.82, 2.24) is 10.6 Å². The molecule has 1 unspecified atom stereocenters. The summed E-state index contributed by atoms with van der Waals surface area (Å²) in [6.45, 7) is 2.54. The van der Waals surface area contributed by atoms with Gasteiger partial charge in [-0.1, -0.05) is 24.3 Å². The lowest BCUT2D eigenvalue weighted by Gasteiger charge is -2.12. The number of hydrogen-bond donors (Lipinski definition) is 3. The van der Waals surface area contributed by atoms with Crippen molar-refractivity contribution in [3.8, 4) is 0 Å². The van der Waals surface area contributed by atoms with Crippen molar-refractivity contribution < 1.29 is 14.3 Å². The van der Waals surface area contributed by atoms with Crippen LogP contribution in [0.25, 0.3) is 0 Å². The molecule has 5 heteroatoms. The summed E-state index contributed by atoms with van der Waals surface area (Å²) in [5, 5.41) is 15.0. The maximum atomic E-state index is 12.7. The van der Waals surface area contributed by atoms with E-state index in [4.69, 9.17) is 0 Å². The number of urea groups is 1. The van der Waals surface area contributed by atoms with E-state index in [-0.39, 0.29) is 18.4 Å². The van der Waals surface area contributed by atoms with E-state index in [1.807, 2.05) is 19.1 Å². The fraction of sp³-hybridized carbons (Fsp3) is 0.357. The smallest absolute Gasteiger partial charge is 0.314 e. The van der Waals surface area contributed by atoms with Crippen LogP contribution in [0.4, 0.5) is 9.18 Å². The Morgan fingerprint density at radius 2 is 2.05 bits per heavy atom. The molecular weight excluding hydrogens is 247 g/mol. The summed E-state index contributed by atoms with van der Waals surface area (Å²) in [7, 11) is 0. The molecule has 4 nitrogen and oxygen atoms in total. The second-order valence-corrected chi connectivity index (χ2v) is 4.06. The predicted molar refractivity (Wildman–Crippen MR) is 72.2 cm³/mol. The van der Waals surface area contributed by atoms with Gasteiger partial charge in [-0.3, -0.25) is 0 Å². The van der Waals surface area contributed by atoms with Gasteiger partial charge in [0.05, 0.1) is 6.10 Å². The van der Waals surface area contributed by atoms with E-state index in [9.17, 15) is 14.3 Å². The standard InChI is InChI=1S/C14H19FN2O2/c1-2-3-4-9-16-14(19)17-10-13(18)11-5-7-12(15)8-6-11/h2-3,5-8,13,18H,4,9-10H2,1H3,(H2,16,17,19)/b3-2+. The number of allylic oxidation sites excluding steroid dienone is 1. The van der Waals surface area contributed by atoms with Crippen LogP contribution in [-0.4, -0.2) is 24.2 Å². The number of aliphatic hydroxyl groups excluding tert-OH is 1. The Morgan fingerprint density at radius 3 is 2.68 bits per heavy atom. The van der Waals surface area contributed by atoms with E-state index in [2.05, 4.69) is 10.6 Å². The molecule has 1 rings (SSSR count). The average molecular weight is 266 g/mol. The topological polar surface area (TPSA) is 61.4 Å². The van der Waals surface area contributed by atoms with Crippen LogP contribution >= 0.6 is 0 Å². The zero-order chi connectivity index (χ0) is 14.1. The van der Waals surface area contributed by atoms with E-state index < -0.39 is 6.10 Å². The number of rotatable bonds is 6. The number of aliphatic hydroxyl groups is 1. The van der Waals surface area contributed by atoms with Crippen LogP contribution in [0.5, 0.6) is 0 Å². The van der Waals surface area contributed by atoms with Gasteiger partial charge in [-0.2, -0.15) is 0 Å². The van der Waals surface area contributed by atoms with E-state index in [0.29, 0.717) is 12.1 Å². The first-order valence-electron chi connectivity index (χ1n) is 6.20. The molecule has 1 atom stereocenters. The van der Waals surface area contributed by atoms with Crippen molar-refractivity contribution in [2.75, 3.05) is 13.1 Å². The van der Waals surface area contributed by atoms with E-state index in [0.717, 1.165) is 6.42 Å². The number of carbonyl (C=O) groups is 1. The number of benzene rings is 1. The highest BCUT2D eigenvalue weighted by atomic mass is 19.1. The molecule has 1 aromatic carbocycles. The minimum Gasteiger partial charge on any atom is -0.387 e. The van der Waals surface area contributed by atoms with Crippen LogP contribution in [0.15, 0.2) is 36.4 Å². The normalized spacial score (nSPS) is 12.4. The molecule has 104 valence electrons. The molecule has 2 amide bonds. The van der Waals surface area contributed by atoms with Crippen LogP contribution in [0.1, 0.15) is 25.0 Å². The maximum Gasteiger partial charge on any atom is 0.314 e. The van der Waals surface area contributed by atoms with Crippen molar-refractivity contribution in [2.24, 2.45) is 0 Å². The molecule has 3 N–H and O–H groups in total. The fourth-order valence-electron chi connectivity index (χ4n) is 1.49. The Balaban J connectivity index is 2.27. The summed E-state index contributed by atoms with van der Waals surface area (Å²) in [6.07, 6.45) is 3.79. The zero-order valence-corrected chi connectivity index (χ0v) is 10.9. The highest BCUT2D eigenvalue weighted by Crippen LogP contribution is 2.12. The Bertz CT molecular complexity index is 418. The lowest BCUT2D eigenvalue weighted by Crippen LogP contribution is -2.38. The van der Waals surface area contributed by atoms with Gasteiger partial charge in [-0.05, 0) is 31.0 Å². The van der Waals surface area contributed by atoms with E-state index >= 15 is 0 Å². The molecule has 19 heavy (non-hydrogen) atoms. The van der Waals surface area contributed by atoms with Crippen molar-refractivity contribution in [3.05, 3.63) is 47.8 Å². The molecule has 0 heterocycles. The Hall–Kier alpha value is -1.88. The van der Waals surface area contributed by atoms with Crippen molar-refractivity contribution in [1.29, 1.82) is 0 Å². The van der Waals surface area contributed by atoms with Gasteiger partial charge < -0.3 is 15.7 Å². The van der Waals surface area contributed by atoms with Gasteiger partial charge in [0.1, 0.15) is 5.82 Å². The van der Waals surface area contributed by atoms with Gasteiger partial charge in [0.15, 0.2) is 0 Å². The number of nitrogens with one attached hydrogen (secondary N) is 2. The lowest BCUT2D eigenvalue weighted by atomic mass is 10.1. The van der Waals surface area contributed by atoms with Crippen LogP contribution in [-0.2, 0) is 0 Å². The summed E-state index contributed by atoms with van der Waals surface area (Å²) in [4.78, 5) is 11.4. The Labute approximate surface area is 112 Å². The van der Waals surface area contributed by atoms with Crippen molar-refractivity contribution >= 4 is 6.03 Å². The SMILES string of the molecule is C/C=C/CCNC(=O)NCC(O)c1ccc(F)cc1. The maximum absolute atomic E-state index is 12.7. The first-order chi connectivity index (χ1) is 9.13. The third kappa shape index (κ3) is 6.01. The Kier molecular flexibility index (Phi) is 6.60. The molecule has 0 aliphatic rings. The molecule has 0 saturated heterocycles. The minimum atomic E-state index is -0.845. The fourth-order valence-corrected chi connectivity index (χ4v) is 1.49. The zero-order valence-electron chi connectivity index (χ0n) is 10.9. The van der Waals surface area contributed by atoms with Crippen LogP contribution in [0, 0.1) is 5.82 Å². The quantitative estimate of drug-likeness (QED) is 0.545. The summed E-state index contributed by atoms with van der Waals surface area (Å²) in [5.74, 6) is -0.356. The second-order valence-electron chi connectivity index (χ2n) is 4.06. The van der Waals surface area contributed by atoms with Crippen LogP contribution < -0.4 is 10.6 Å². The van der Waals surface area contributed by atoms with E-state index in [1.54, 1.807) is 0 Å². The van der Waals surface area contributed by atoms with Gasteiger partial charge >= 0.3 is 6.03 Å². The van der Waals surface area contributed by atoms with Crippen molar-refractivity contribution in [3.63, 3.8) is 0 Å². The molecule has 0 spiro atoms. The highest BCUT2D eigenvalue weighted by Gasteiger charge is 2.08.